The van der Waals surface area contributed by atoms with E-state index >= 15 is 0 Å². The lowest BCUT2D eigenvalue weighted by molar-refractivity contribution is -0.141. The van der Waals surface area contributed by atoms with E-state index in [9.17, 15) is 34.3 Å². The number of nitrogens with one attached hydrogen (secondary N) is 4. The van der Waals surface area contributed by atoms with E-state index in [1.807, 2.05) is 32.9 Å². The Labute approximate surface area is 390 Å². The number of nitrogens with two attached hydrogens (primary N) is 3. The fourth-order valence-corrected chi connectivity index (χ4v) is 7.71. The van der Waals surface area contributed by atoms with Crippen LogP contribution in [0.25, 0.3) is 22.5 Å². The third-order valence-corrected chi connectivity index (χ3v) is 11.2. The molecule has 2 heterocycles. The lowest BCUT2D eigenvalue weighted by Crippen LogP contribution is -2.56. The van der Waals surface area contributed by atoms with Crippen LogP contribution in [0.5, 0.6) is 17.2 Å². The fraction of sp³-hybridized carbons (Fsp3) is 0.417. The Morgan fingerprint density at radius 3 is 2.10 bits per heavy atom. The van der Waals surface area contributed by atoms with Crippen molar-refractivity contribution < 1.29 is 38.6 Å². The molecule has 4 atom stereocenters. The molecule has 4 aromatic rings. The largest absolute Gasteiger partial charge is 0.507 e. The zero-order valence-corrected chi connectivity index (χ0v) is 39.0. The average molecular weight is 920 g/mol. The van der Waals surface area contributed by atoms with Crippen molar-refractivity contribution in [3.8, 4) is 45.8 Å². The fourth-order valence-electron chi connectivity index (χ4n) is 7.71. The molecule has 1 aromatic heterocycles. The van der Waals surface area contributed by atoms with Gasteiger partial charge in [-0.2, -0.15) is 5.26 Å². The zero-order valence-electron chi connectivity index (χ0n) is 39.0. The maximum Gasteiger partial charge on any atom is 0.255 e. The number of ether oxygens (including phenoxy) is 2. The molecular weight excluding hydrogens is 859 g/mol. The Morgan fingerprint density at radius 1 is 0.896 bits per heavy atom. The number of carbonyl (C=O) groups excluding carboxylic acids is 5. The number of benzene rings is 3. The van der Waals surface area contributed by atoms with Crippen LogP contribution in [0.2, 0.25) is 0 Å². The first kappa shape index (κ1) is 50.9. The first-order chi connectivity index (χ1) is 31.8. The van der Waals surface area contributed by atoms with Gasteiger partial charge in [-0.3, -0.25) is 24.0 Å². The number of rotatable bonds is 15. The molecule has 4 bridgehead atoms. The summed E-state index contributed by atoms with van der Waals surface area (Å²) in [5.41, 5.74) is 21.3. The molecule has 19 heteroatoms. The minimum Gasteiger partial charge on any atom is -0.507 e. The lowest BCUT2D eigenvalue weighted by atomic mass is 9.86. The van der Waals surface area contributed by atoms with E-state index in [4.69, 9.17) is 26.7 Å². The van der Waals surface area contributed by atoms with Crippen molar-refractivity contribution in [2.75, 3.05) is 46.4 Å². The number of likely N-dealkylation sites (N-methyl/N-ethyl adjacent to an activating group) is 1. The van der Waals surface area contributed by atoms with E-state index in [1.165, 1.54) is 14.0 Å². The number of aryl methyl sites for hydroxylation is 2. The molecule has 0 fully saturated rings. The van der Waals surface area contributed by atoms with Gasteiger partial charge in [-0.25, -0.2) is 9.97 Å². The Kier molecular flexibility index (Phi) is 17.0. The predicted octanol–water partition coefficient (Wildman–Crippen LogP) is 1.94. The molecule has 1 aliphatic heterocycles. The van der Waals surface area contributed by atoms with E-state index in [0.29, 0.717) is 39.3 Å². The van der Waals surface area contributed by atoms with Gasteiger partial charge in [-0.15, -0.1) is 0 Å². The number of fused-ring (bicyclic) bond motifs is 5. The van der Waals surface area contributed by atoms with Crippen LogP contribution in [-0.2, 0) is 31.0 Å². The number of hydrogen-bond acceptors (Lipinski definition) is 14. The van der Waals surface area contributed by atoms with Crippen LogP contribution in [0.15, 0.2) is 54.6 Å². The molecule has 3 aromatic carbocycles. The van der Waals surface area contributed by atoms with Crippen LogP contribution in [0.1, 0.15) is 78.6 Å². The van der Waals surface area contributed by atoms with Crippen LogP contribution in [-0.4, -0.2) is 114 Å². The van der Waals surface area contributed by atoms with Gasteiger partial charge in [0, 0.05) is 37.7 Å². The molecule has 356 valence electrons. The highest BCUT2D eigenvalue weighted by Gasteiger charge is 2.36. The highest BCUT2D eigenvalue weighted by atomic mass is 16.5. The average Bonchev–Trinajstić information content (AvgIpc) is 3.28. The van der Waals surface area contributed by atoms with Crippen molar-refractivity contribution >= 4 is 29.5 Å². The topological polar surface area (TPSA) is 303 Å². The summed E-state index contributed by atoms with van der Waals surface area (Å²) in [7, 11) is 1.40. The van der Waals surface area contributed by atoms with Crippen LogP contribution >= 0.6 is 0 Å². The molecule has 11 N–H and O–H groups in total. The number of phenols is 1. The Bertz CT molecular complexity index is 2510. The number of nitriles is 1. The Morgan fingerprint density at radius 2 is 1.52 bits per heavy atom. The van der Waals surface area contributed by atoms with E-state index in [-0.39, 0.29) is 86.2 Å². The van der Waals surface area contributed by atoms with Crippen molar-refractivity contribution in [1.82, 2.24) is 36.1 Å². The molecule has 0 saturated carbocycles. The summed E-state index contributed by atoms with van der Waals surface area (Å²) in [6.07, 6.45) is -0.0426. The second-order valence-corrected chi connectivity index (χ2v) is 17.3. The SMILES string of the molecule is Cc1nc(-c2ccc(C(C)(C)C)cc2O)nc(C)c1C(=O)NC(CCN)C(=O)N(C)C1C(=O)NC(C)C(=O)NC(C(=O)NCC#N)Cc2ccc(OCCN)c(c2)-c2cc1ccc2OCCN. The van der Waals surface area contributed by atoms with Crippen LogP contribution in [0, 0.1) is 25.2 Å². The molecule has 19 nitrogen and oxygen atoms in total. The minimum absolute atomic E-state index is 0.00893. The molecular formula is C48H61N11O8. The van der Waals surface area contributed by atoms with Gasteiger partial charge in [0.05, 0.1) is 28.6 Å². The highest BCUT2D eigenvalue weighted by Crippen LogP contribution is 2.40. The monoisotopic (exact) mass is 919 g/mol. The number of phenolic OH excluding ortho intramolecular Hbond substituents is 1. The number of aromatic hydroxyl groups is 1. The second-order valence-electron chi connectivity index (χ2n) is 17.3. The van der Waals surface area contributed by atoms with Gasteiger partial charge < -0.3 is 57.9 Å². The third-order valence-electron chi connectivity index (χ3n) is 11.2. The van der Waals surface area contributed by atoms with E-state index in [1.54, 1.807) is 62.4 Å². The zero-order chi connectivity index (χ0) is 49.2. The standard InChI is InChI=1S/C48H61N11O8/c1-26-40(27(2)55-42(54-26)32-11-10-31(25-37(32)60)48(4,5)6)45(63)57-35(14-15-49)47(65)59(7)41-30-9-13-39(67-21-18-52)34(24-30)33-22-29(8-12-38(33)66-20-17-51)23-36(44(62)53-19-16-50)58-43(61)28(3)56-46(41)64/h8-13,22,24-25,28,35-36,41,60H,14-15,17-21,23,49,51-52H2,1-7H3,(H,53,62)(H,56,64)(H,57,63)(H,58,61). The third kappa shape index (κ3) is 12.2. The van der Waals surface area contributed by atoms with E-state index < -0.39 is 53.7 Å². The molecule has 4 unspecified atom stereocenters. The van der Waals surface area contributed by atoms with Gasteiger partial charge in [-0.05, 0) is 92.2 Å². The van der Waals surface area contributed by atoms with Gasteiger partial charge in [0.25, 0.3) is 5.91 Å². The van der Waals surface area contributed by atoms with Crippen LogP contribution < -0.4 is 47.9 Å². The van der Waals surface area contributed by atoms with Crippen molar-refractivity contribution in [3.63, 3.8) is 0 Å². The van der Waals surface area contributed by atoms with Crippen molar-refractivity contribution in [2.45, 2.75) is 84.0 Å². The molecule has 67 heavy (non-hydrogen) atoms. The van der Waals surface area contributed by atoms with Crippen LogP contribution in [0.3, 0.4) is 0 Å². The summed E-state index contributed by atoms with van der Waals surface area (Å²) in [6, 6.07) is 12.1. The van der Waals surface area contributed by atoms with Gasteiger partial charge >= 0.3 is 0 Å². The highest BCUT2D eigenvalue weighted by molar-refractivity contribution is 6.00. The first-order valence-electron chi connectivity index (χ1n) is 22.0. The lowest BCUT2D eigenvalue weighted by Gasteiger charge is -2.32. The maximum absolute atomic E-state index is 14.7. The summed E-state index contributed by atoms with van der Waals surface area (Å²) in [4.78, 5) is 80.9. The summed E-state index contributed by atoms with van der Waals surface area (Å²) < 4.78 is 12.2. The normalized spacial score (nSPS) is 16.6. The smallest absolute Gasteiger partial charge is 0.255 e. The molecule has 5 amide bonds. The minimum atomic E-state index is -1.43. The first-order valence-corrected chi connectivity index (χ1v) is 22.0. The number of aromatic nitrogens is 2. The molecule has 1 aliphatic rings. The molecule has 0 aliphatic carbocycles. The van der Waals surface area contributed by atoms with E-state index in [2.05, 4.69) is 31.2 Å². The quantitative estimate of drug-likeness (QED) is 0.0791. The van der Waals surface area contributed by atoms with Crippen molar-refractivity contribution in [2.24, 2.45) is 17.2 Å². The molecule has 5 rings (SSSR count). The molecule has 0 radical (unpaired) electrons. The summed E-state index contributed by atoms with van der Waals surface area (Å²) in [5.74, 6) is -2.54. The summed E-state index contributed by atoms with van der Waals surface area (Å²) in [5, 5.41) is 30.8. The molecule has 0 spiro atoms. The molecule has 0 saturated heterocycles. The maximum atomic E-state index is 14.7. The number of amides is 5. The van der Waals surface area contributed by atoms with Gasteiger partial charge in [-0.1, -0.05) is 39.0 Å². The van der Waals surface area contributed by atoms with Gasteiger partial charge in [0.1, 0.15) is 61.2 Å². The van der Waals surface area contributed by atoms with Gasteiger partial charge in [0.15, 0.2) is 5.82 Å². The number of nitrogens with zero attached hydrogens (tertiary/aromatic N) is 4. The Balaban J connectivity index is 1.58. The van der Waals surface area contributed by atoms with Crippen molar-refractivity contribution in [1.29, 1.82) is 5.26 Å². The Hall–Kier alpha value is -7.14. The van der Waals surface area contributed by atoms with Gasteiger partial charge in [0.2, 0.25) is 23.6 Å². The predicted molar refractivity (Wildman–Crippen MR) is 251 cm³/mol. The van der Waals surface area contributed by atoms with Crippen molar-refractivity contribution in [3.05, 3.63) is 88.2 Å². The second kappa shape index (κ2) is 22.4. The summed E-state index contributed by atoms with van der Waals surface area (Å²) >= 11 is 0. The summed E-state index contributed by atoms with van der Waals surface area (Å²) in [6.45, 7) is 11.0. The number of carbonyl (C=O) groups is 5. The number of hydrogen-bond donors (Lipinski definition) is 8. The van der Waals surface area contributed by atoms with E-state index in [0.717, 1.165) is 10.5 Å². The van der Waals surface area contributed by atoms with Crippen LogP contribution in [0.4, 0.5) is 0 Å².